The molecule has 3 fully saturated rings. The summed E-state index contributed by atoms with van der Waals surface area (Å²) in [6.07, 6.45) is 10.1. The van der Waals surface area contributed by atoms with Gasteiger partial charge in [-0.15, -0.1) is 12.4 Å². The summed E-state index contributed by atoms with van der Waals surface area (Å²) < 4.78 is 1.95. The van der Waals surface area contributed by atoms with Crippen molar-refractivity contribution in [3.8, 4) is 5.69 Å². The molecule has 1 aromatic carbocycles. The van der Waals surface area contributed by atoms with E-state index in [-0.39, 0.29) is 36.2 Å². The quantitative estimate of drug-likeness (QED) is 0.342. The third kappa shape index (κ3) is 8.38. The lowest BCUT2D eigenvalue weighted by molar-refractivity contribution is -0.162. The minimum Gasteiger partial charge on any atom is -0.351 e. The van der Waals surface area contributed by atoms with Crippen LogP contribution in [0.1, 0.15) is 98.4 Å². The Balaban J connectivity index is 0.00000500. The largest absolute Gasteiger partial charge is 0.351 e. The highest BCUT2D eigenvalue weighted by molar-refractivity contribution is 6.00. The van der Waals surface area contributed by atoms with Crippen LogP contribution in [0.15, 0.2) is 24.3 Å². The summed E-state index contributed by atoms with van der Waals surface area (Å²) in [5.41, 5.74) is 4.03. The van der Waals surface area contributed by atoms with E-state index in [1.165, 1.54) is 37.7 Å². The first-order valence-electron chi connectivity index (χ1n) is 17.6. The van der Waals surface area contributed by atoms with Crippen molar-refractivity contribution in [3.05, 3.63) is 46.8 Å². The molecule has 0 radical (unpaired) electrons. The van der Waals surface area contributed by atoms with Crippen LogP contribution in [-0.2, 0) is 16.1 Å². The fourth-order valence-electron chi connectivity index (χ4n) is 7.64. The van der Waals surface area contributed by atoms with E-state index in [1.54, 1.807) is 0 Å². The number of halogens is 1. The molecular weight excluding hydrogens is 614 g/mol. The fraction of sp³-hybridized carbons (Fsp3) is 0.667. The standard InChI is InChI=1S/C36H55N7O3.ClH/c1-6-7-20-42-34(45)32(24-28-11-9-8-10-12-28)38-35(46)36(42)17-21-41(22-18-36)25-31-26(2)39-43(27(31)3)30-15-13-29(14-16-30)33(44)37-19-23-40(4)5;/h13-16,28,32H,6-12,17-25H2,1-5H3,(H,37,44)(H,38,46);1H/t32-;/m0./s1. The molecule has 5 rings (SSSR count). The van der Waals surface area contributed by atoms with Crippen LogP contribution in [0.25, 0.3) is 5.69 Å². The van der Waals surface area contributed by atoms with Crippen molar-refractivity contribution in [2.24, 2.45) is 5.92 Å². The Kier molecular flexibility index (Phi) is 12.9. The van der Waals surface area contributed by atoms with Gasteiger partial charge in [0, 0.05) is 56.1 Å². The minimum absolute atomic E-state index is 0. The van der Waals surface area contributed by atoms with E-state index in [1.807, 2.05) is 59.8 Å². The van der Waals surface area contributed by atoms with Gasteiger partial charge < -0.3 is 20.4 Å². The van der Waals surface area contributed by atoms with E-state index in [2.05, 4.69) is 29.4 Å². The zero-order chi connectivity index (χ0) is 32.8. The first kappa shape index (κ1) is 36.9. The molecule has 3 amide bonds. The van der Waals surface area contributed by atoms with Gasteiger partial charge in [0.1, 0.15) is 11.6 Å². The molecule has 1 saturated carbocycles. The predicted molar refractivity (Wildman–Crippen MR) is 188 cm³/mol. The molecule has 10 nitrogen and oxygen atoms in total. The van der Waals surface area contributed by atoms with Gasteiger partial charge >= 0.3 is 0 Å². The van der Waals surface area contributed by atoms with E-state index >= 15 is 0 Å². The first-order chi connectivity index (χ1) is 22.1. The second-order valence-corrected chi connectivity index (χ2v) is 14.1. The van der Waals surface area contributed by atoms with Crippen molar-refractivity contribution < 1.29 is 14.4 Å². The molecule has 47 heavy (non-hydrogen) atoms. The SMILES string of the molecule is CCCCN1C(=O)[C@H](CC2CCCCC2)NC(=O)C12CCN(Cc1c(C)nn(-c3ccc(C(=O)NCCN(C)C)cc3)c1C)CC2.Cl. The van der Waals surface area contributed by atoms with Crippen molar-refractivity contribution in [1.82, 2.24) is 35.1 Å². The van der Waals surface area contributed by atoms with Crippen molar-refractivity contribution in [1.29, 1.82) is 0 Å². The molecule has 2 saturated heterocycles. The molecule has 11 heteroatoms. The number of unbranched alkanes of at least 4 members (excludes halogenated alkanes) is 1. The summed E-state index contributed by atoms with van der Waals surface area (Å²) in [6, 6.07) is 7.21. The Labute approximate surface area is 287 Å². The fourth-order valence-corrected chi connectivity index (χ4v) is 7.64. The van der Waals surface area contributed by atoms with E-state index in [9.17, 15) is 14.4 Å². The van der Waals surface area contributed by atoms with E-state index < -0.39 is 5.54 Å². The molecule has 2 aliphatic heterocycles. The Morgan fingerprint density at radius 3 is 2.38 bits per heavy atom. The third-order valence-electron chi connectivity index (χ3n) is 10.6. The summed E-state index contributed by atoms with van der Waals surface area (Å²) >= 11 is 0. The number of piperidine rings is 1. The van der Waals surface area contributed by atoms with Gasteiger partial charge in [0.2, 0.25) is 11.8 Å². The average molecular weight is 670 g/mol. The lowest BCUT2D eigenvalue weighted by Crippen LogP contribution is -2.73. The summed E-state index contributed by atoms with van der Waals surface area (Å²) in [5.74, 6) is 0.650. The smallest absolute Gasteiger partial charge is 0.251 e. The number of hydrogen-bond acceptors (Lipinski definition) is 6. The van der Waals surface area contributed by atoms with Crippen LogP contribution >= 0.6 is 12.4 Å². The van der Waals surface area contributed by atoms with Gasteiger partial charge in [-0.25, -0.2) is 4.68 Å². The van der Waals surface area contributed by atoms with Crippen molar-refractivity contribution >= 4 is 30.1 Å². The number of likely N-dealkylation sites (N-methyl/N-ethyl adjacent to an activating group) is 1. The molecule has 3 heterocycles. The van der Waals surface area contributed by atoms with Crippen molar-refractivity contribution in [2.45, 2.75) is 103 Å². The minimum atomic E-state index is -0.749. The number of benzene rings is 1. The second-order valence-electron chi connectivity index (χ2n) is 14.1. The van der Waals surface area contributed by atoms with Gasteiger partial charge in [-0.1, -0.05) is 45.4 Å². The maximum Gasteiger partial charge on any atom is 0.251 e. The topological polar surface area (TPSA) is 103 Å². The number of rotatable bonds is 12. The molecule has 1 aromatic heterocycles. The average Bonchev–Trinajstić information content (AvgIpc) is 3.33. The third-order valence-corrected chi connectivity index (χ3v) is 10.6. The van der Waals surface area contributed by atoms with Crippen LogP contribution in [0, 0.1) is 19.8 Å². The maximum absolute atomic E-state index is 13.9. The van der Waals surface area contributed by atoms with Crippen LogP contribution in [-0.4, -0.2) is 101 Å². The Morgan fingerprint density at radius 2 is 1.74 bits per heavy atom. The molecule has 0 unspecified atom stereocenters. The molecule has 2 aromatic rings. The number of carbonyl (C=O) groups is 3. The number of aryl methyl sites for hydroxylation is 1. The molecule has 1 spiro atoms. The molecule has 2 N–H and O–H groups in total. The highest BCUT2D eigenvalue weighted by Gasteiger charge is 2.53. The zero-order valence-electron chi connectivity index (χ0n) is 29.1. The highest BCUT2D eigenvalue weighted by atomic mass is 35.5. The Morgan fingerprint density at radius 1 is 1.06 bits per heavy atom. The number of aromatic nitrogens is 2. The normalized spacial score (nSPS) is 20.4. The number of piperazine rings is 1. The lowest BCUT2D eigenvalue weighted by Gasteiger charge is -2.52. The first-order valence-corrected chi connectivity index (χ1v) is 17.6. The van der Waals surface area contributed by atoms with E-state index in [0.29, 0.717) is 37.4 Å². The lowest BCUT2D eigenvalue weighted by atomic mass is 9.79. The highest BCUT2D eigenvalue weighted by Crippen LogP contribution is 2.36. The van der Waals surface area contributed by atoms with Crippen LogP contribution in [0.5, 0.6) is 0 Å². The second kappa shape index (κ2) is 16.4. The van der Waals surface area contributed by atoms with Gasteiger partial charge in [-0.2, -0.15) is 5.10 Å². The van der Waals surface area contributed by atoms with Gasteiger partial charge in [-0.3, -0.25) is 19.3 Å². The number of amides is 3. The van der Waals surface area contributed by atoms with Gasteiger partial charge in [-0.05, 0) is 83.8 Å². The number of likely N-dealkylation sites (tertiary alicyclic amines) is 1. The van der Waals surface area contributed by atoms with Crippen molar-refractivity contribution in [2.75, 3.05) is 46.8 Å². The molecule has 1 atom stereocenters. The summed E-state index contributed by atoms with van der Waals surface area (Å²) in [7, 11) is 3.97. The number of carbonyl (C=O) groups excluding carboxylic acids is 3. The van der Waals surface area contributed by atoms with E-state index in [4.69, 9.17) is 5.10 Å². The molecule has 1 aliphatic carbocycles. The molecule has 0 bridgehead atoms. The van der Waals surface area contributed by atoms with E-state index in [0.717, 1.165) is 62.5 Å². The van der Waals surface area contributed by atoms with Crippen LogP contribution in [0.4, 0.5) is 0 Å². The molecule has 3 aliphatic rings. The van der Waals surface area contributed by atoms with Crippen LogP contribution in [0.2, 0.25) is 0 Å². The summed E-state index contributed by atoms with van der Waals surface area (Å²) in [4.78, 5) is 46.7. The Hall–Kier alpha value is -2.95. The monoisotopic (exact) mass is 669 g/mol. The molecular formula is C36H56ClN7O3. The predicted octanol–water partition coefficient (Wildman–Crippen LogP) is 4.63. The zero-order valence-corrected chi connectivity index (χ0v) is 30.0. The number of nitrogens with one attached hydrogen (secondary N) is 2. The van der Waals surface area contributed by atoms with Crippen LogP contribution < -0.4 is 10.6 Å². The number of hydrogen-bond donors (Lipinski definition) is 2. The van der Waals surface area contributed by atoms with Crippen LogP contribution in [0.3, 0.4) is 0 Å². The van der Waals surface area contributed by atoms with Gasteiger partial charge in [0.05, 0.1) is 11.4 Å². The summed E-state index contributed by atoms with van der Waals surface area (Å²) in [5, 5.41) is 11.0. The molecule has 260 valence electrons. The summed E-state index contributed by atoms with van der Waals surface area (Å²) in [6.45, 7) is 10.6. The Bertz CT molecular complexity index is 1360. The van der Waals surface area contributed by atoms with Gasteiger partial charge in [0.25, 0.3) is 5.91 Å². The van der Waals surface area contributed by atoms with Gasteiger partial charge in [0.15, 0.2) is 0 Å². The number of nitrogens with zero attached hydrogens (tertiary/aromatic N) is 5. The van der Waals surface area contributed by atoms with Crippen molar-refractivity contribution in [3.63, 3.8) is 0 Å². The maximum atomic E-state index is 13.9.